The Labute approximate surface area is 132 Å². The summed E-state index contributed by atoms with van der Waals surface area (Å²) in [5, 5.41) is 1.12. The average Bonchev–Trinajstić information content (AvgIpc) is 3.19. The average molecular weight is 306 g/mol. The van der Waals surface area contributed by atoms with Crippen LogP contribution in [-0.2, 0) is 13.1 Å². The van der Waals surface area contributed by atoms with Gasteiger partial charge in [-0.15, -0.1) is 0 Å². The van der Waals surface area contributed by atoms with Gasteiger partial charge in [0, 0.05) is 30.2 Å². The van der Waals surface area contributed by atoms with Crippen LogP contribution in [0.25, 0.3) is 11.0 Å². The molecule has 5 heteroatoms. The van der Waals surface area contributed by atoms with E-state index in [0.717, 1.165) is 23.0 Å². The third-order valence-corrected chi connectivity index (χ3v) is 3.90. The number of nitrogens with zero attached hydrogens (tertiary/aromatic N) is 4. The maximum atomic E-state index is 13.1. The summed E-state index contributed by atoms with van der Waals surface area (Å²) in [4.78, 5) is 8.58. The largest absolute Gasteiger partial charge is 0.319 e. The molecule has 0 aliphatic rings. The smallest absolute Gasteiger partial charge is 0.141 e. The highest BCUT2D eigenvalue weighted by molar-refractivity contribution is 5.80. The third-order valence-electron chi connectivity index (χ3n) is 3.90. The molecule has 1 aromatic carbocycles. The van der Waals surface area contributed by atoms with Gasteiger partial charge in [-0.3, -0.25) is 0 Å². The van der Waals surface area contributed by atoms with E-state index < -0.39 is 0 Å². The monoisotopic (exact) mass is 306 g/mol. The summed E-state index contributed by atoms with van der Waals surface area (Å²) in [5.74, 6) is -0.210. The van der Waals surface area contributed by atoms with Crippen LogP contribution in [0.2, 0.25) is 0 Å². The highest BCUT2D eigenvalue weighted by atomic mass is 19.1. The van der Waals surface area contributed by atoms with Crippen LogP contribution in [0.5, 0.6) is 0 Å². The number of halogens is 1. The van der Waals surface area contributed by atoms with E-state index in [1.807, 2.05) is 29.0 Å². The SMILES string of the molecule is Fc1ccc(Cc2cn(Cn3ccnc3)c3ncccc23)cc1. The summed E-state index contributed by atoms with van der Waals surface area (Å²) in [6.07, 6.45) is 10.1. The maximum Gasteiger partial charge on any atom is 0.141 e. The molecule has 3 aromatic heterocycles. The van der Waals surface area contributed by atoms with E-state index in [-0.39, 0.29) is 5.82 Å². The number of hydrogen-bond donors (Lipinski definition) is 0. The van der Waals surface area contributed by atoms with Crippen molar-refractivity contribution in [3.05, 3.63) is 84.5 Å². The lowest BCUT2D eigenvalue weighted by Crippen LogP contribution is -2.05. The molecule has 0 saturated heterocycles. The van der Waals surface area contributed by atoms with Crippen LogP contribution >= 0.6 is 0 Å². The molecule has 0 amide bonds. The Morgan fingerprint density at radius 1 is 1.04 bits per heavy atom. The Morgan fingerprint density at radius 2 is 1.91 bits per heavy atom. The first-order chi connectivity index (χ1) is 11.3. The van der Waals surface area contributed by atoms with Crippen LogP contribution in [-0.4, -0.2) is 19.1 Å². The zero-order chi connectivity index (χ0) is 15.6. The standard InChI is InChI=1S/C18H15FN4/c19-16-5-3-14(4-6-16)10-15-11-23(13-22-9-8-20-12-22)18-17(15)2-1-7-21-18/h1-9,11-12H,10,13H2. The van der Waals surface area contributed by atoms with Gasteiger partial charge < -0.3 is 9.13 Å². The fraction of sp³-hybridized carbons (Fsp3) is 0.111. The number of hydrogen-bond acceptors (Lipinski definition) is 2. The molecule has 4 aromatic rings. The quantitative estimate of drug-likeness (QED) is 0.579. The molecule has 0 aliphatic carbocycles. The fourth-order valence-corrected chi connectivity index (χ4v) is 2.81. The van der Waals surface area contributed by atoms with E-state index in [1.54, 1.807) is 18.7 Å². The second-order valence-electron chi connectivity index (χ2n) is 5.52. The summed E-state index contributed by atoms with van der Waals surface area (Å²) in [6.45, 7) is 0.664. The van der Waals surface area contributed by atoms with Gasteiger partial charge in [-0.25, -0.2) is 14.4 Å². The Kier molecular flexibility index (Phi) is 3.38. The van der Waals surface area contributed by atoms with Crippen LogP contribution in [0.1, 0.15) is 11.1 Å². The van der Waals surface area contributed by atoms with Crippen LogP contribution in [0.15, 0.2) is 67.5 Å². The first-order valence-electron chi connectivity index (χ1n) is 7.42. The fourth-order valence-electron chi connectivity index (χ4n) is 2.81. The van der Waals surface area contributed by atoms with E-state index in [9.17, 15) is 4.39 Å². The molecule has 0 bridgehead atoms. The summed E-state index contributed by atoms with van der Waals surface area (Å²) in [7, 11) is 0. The van der Waals surface area contributed by atoms with Crippen molar-refractivity contribution < 1.29 is 4.39 Å². The molecule has 0 radical (unpaired) electrons. The number of rotatable bonds is 4. The van der Waals surface area contributed by atoms with E-state index in [0.29, 0.717) is 6.67 Å². The zero-order valence-corrected chi connectivity index (χ0v) is 12.4. The highest BCUT2D eigenvalue weighted by Crippen LogP contribution is 2.22. The minimum Gasteiger partial charge on any atom is -0.319 e. The van der Waals surface area contributed by atoms with E-state index >= 15 is 0 Å². The van der Waals surface area contributed by atoms with Gasteiger partial charge in [-0.2, -0.15) is 0 Å². The van der Waals surface area contributed by atoms with Crippen molar-refractivity contribution in [2.24, 2.45) is 0 Å². The second kappa shape index (κ2) is 5.68. The molecule has 0 N–H and O–H groups in total. The zero-order valence-electron chi connectivity index (χ0n) is 12.4. The first-order valence-corrected chi connectivity index (χ1v) is 7.42. The first kappa shape index (κ1) is 13.7. The summed E-state index contributed by atoms with van der Waals surface area (Å²) >= 11 is 0. The summed E-state index contributed by atoms with van der Waals surface area (Å²) in [6, 6.07) is 10.7. The molecular weight excluding hydrogens is 291 g/mol. The minimum absolute atomic E-state index is 0.210. The molecule has 0 fully saturated rings. The van der Waals surface area contributed by atoms with Crippen molar-refractivity contribution in [1.82, 2.24) is 19.1 Å². The Hall–Kier alpha value is -2.95. The van der Waals surface area contributed by atoms with E-state index in [2.05, 4.69) is 26.8 Å². The topological polar surface area (TPSA) is 35.6 Å². The number of imidazole rings is 1. The molecule has 0 aliphatic heterocycles. The second-order valence-corrected chi connectivity index (χ2v) is 5.52. The molecule has 0 unspecified atom stereocenters. The number of fused-ring (bicyclic) bond motifs is 1. The predicted molar refractivity (Wildman–Crippen MR) is 86.6 cm³/mol. The van der Waals surface area contributed by atoms with Crippen molar-refractivity contribution in [1.29, 1.82) is 0 Å². The van der Waals surface area contributed by atoms with Crippen LogP contribution in [0.3, 0.4) is 0 Å². The molecule has 4 nitrogen and oxygen atoms in total. The normalized spacial score (nSPS) is 11.2. The van der Waals surface area contributed by atoms with Crippen LogP contribution < -0.4 is 0 Å². The molecule has 0 atom stereocenters. The van der Waals surface area contributed by atoms with E-state index in [1.165, 1.54) is 17.7 Å². The Balaban J connectivity index is 1.73. The van der Waals surface area contributed by atoms with Crippen molar-refractivity contribution in [3.63, 3.8) is 0 Å². The molecular formula is C18H15FN4. The van der Waals surface area contributed by atoms with Gasteiger partial charge in [0.05, 0.1) is 6.33 Å². The van der Waals surface area contributed by atoms with Gasteiger partial charge in [-0.1, -0.05) is 12.1 Å². The van der Waals surface area contributed by atoms with Crippen molar-refractivity contribution in [3.8, 4) is 0 Å². The Bertz CT molecular complexity index is 923. The van der Waals surface area contributed by atoms with Crippen molar-refractivity contribution in [2.75, 3.05) is 0 Å². The number of aromatic nitrogens is 4. The van der Waals surface area contributed by atoms with Gasteiger partial charge in [0.2, 0.25) is 0 Å². The van der Waals surface area contributed by atoms with Gasteiger partial charge >= 0.3 is 0 Å². The lowest BCUT2D eigenvalue weighted by Gasteiger charge is -2.04. The van der Waals surface area contributed by atoms with Gasteiger partial charge in [0.25, 0.3) is 0 Å². The molecule has 114 valence electrons. The number of benzene rings is 1. The van der Waals surface area contributed by atoms with Crippen LogP contribution in [0.4, 0.5) is 4.39 Å². The number of pyridine rings is 1. The molecule has 23 heavy (non-hydrogen) atoms. The predicted octanol–water partition coefficient (Wildman–Crippen LogP) is 3.47. The van der Waals surface area contributed by atoms with Gasteiger partial charge in [0.1, 0.15) is 18.1 Å². The molecule has 0 spiro atoms. The highest BCUT2D eigenvalue weighted by Gasteiger charge is 2.10. The summed E-state index contributed by atoms with van der Waals surface area (Å²) in [5.41, 5.74) is 3.20. The van der Waals surface area contributed by atoms with Gasteiger partial charge in [-0.05, 0) is 41.8 Å². The van der Waals surface area contributed by atoms with E-state index in [4.69, 9.17) is 0 Å². The molecule has 4 rings (SSSR count). The lowest BCUT2D eigenvalue weighted by molar-refractivity contribution is 0.620. The van der Waals surface area contributed by atoms with Crippen LogP contribution in [0, 0.1) is 5.82 Å². The molecule has 3 heterocycles. The Morgan fingerprint density at radius 3 is 2.70 bits per heavy atom. The summed E-state index contributed by atoms with van der Waals surface area (Å²) < 4.78 is 17.2. The van der Waals surface area contributed by atoms with Gasteiger partial charge in [0.15, 0.2) is 0 Å². The third kappa shape index (κ3) is 2.73. The van der Waals surface area contributed by atoms with Crippen molar-refractivity contribution in [2.45, 2.75) is 13.1 Å². The van der Waals surface area contributed by atoms with Crippen molar-refractivity contribution >= 4 is 11.0 Å². The maximum absolute atomic E-state index is 13.1. The molecule has 0 saturated carbocycles. The lowest BCUT2D eigenvalue weighted by atomic mass is 10.1. The minimum atomic E-state index is -0.210.